The van der Waals surface area contributed by atoms with Gasteiger partial charge in [0.1, 0.15) is 16.5 Å². The molecule has 0 radical (unpaired) electrons. The highest BCUT2D eigenvalue weighted by molar-refractivity contribution is 6.32. The molecule has 2 aromatic rings. The first-order valence-electron chi connectivity index (χ1n) is 15.1. The molecule has 0 saturated heterocycles. The van der Waals surface area contributed by atoms with Gasteiger partial charge in [-0.25, -0.2) is 15.0 Å². The molecule has 2 aromatic heterocycles. The lowest BCUT2D eigenvalue weighted by Gasteiger charge is -2.61. The summed E-state index contributed by atoms with van der Waals surface area (Å²) in [4.78, 5) is 39.8. The minimum absolute atomic E-state index is 0.00440. The summed E-state index contributed by atoms with van der Waals surface area (Å²) in [6.07, 6.45) is 9.13. The van der Waals surface area contributed by atoms with E-state index in [2.05, 4.69) is 37.4 Å². The fourth-order valence-electron chi connectivity index (χ4n) is 6.75. The summed E-state index contributed by atoms with van der Waals surface area (Å²) in [7, 11) is 0. The number of aliphatic hydroxyl groups excluding tert-OH is 1. The molecule has 11 nitrogen and oxygen atoms in total. The predicted octanol–water partition coefficient (Wildman–Crippen LogP) is 5.25. The molecule has 0 aliphatic heterocycles. The smallest absolute Gasteiger partial charge is 0.270 e. The van der Waals surface area contributed by atoms with Crippen molar-refractivity contribution < 1.29 is 19.4 Å². The summed E-state index contributed by atoms with van der Waals surface area (Å²) in [5.74, 6) is 2.63. The molecule has 8 aliphatic rings. The summed E-state index contributed by atoms with van der Waals surface area (Å²) in [5.41, 5.74) is 0.849. The fourth-order valence-corrected chi connectivity index (χ4v) is 7.33. The highest BCUT2D eigenvalue weighted by Crippen LogP contribution is 2.66. The molecule has 4 atom stereocenters. The summed E-state index contributed by atoms with van der Waals surface area (Å²) < 4.78 is 5.58. The van der Waals surface area contributed by atoms with Crippen LogP contribution >= 0.6 is 34.8 Å². The van der Waals surface area contributed by atoms with Crippen molar-refractivity contribution in [3.8, 4) is 18.0 Å². The second kappa shape index (κ2) is 12.6. The Morgan fingerprint density at radius 2 is 1.49 bits per heavy atom. The maximum absolute atomic E-state index is 12.4. The molecular weight excluding hydrogens is 641 g/mol. The van der Waals surface area contributed by atoms with Crippen LogP contribution in [0, 0.1) is 63.6 Å². The number of Topliss-reactive ketones (excluding diaryl/α,β-unsaturated/α-hetero) is 1. The Hall–Kier alpha value is -3.09. The Kier molecular flexibility index (Phi) is 8.93. The van der Waals surface area contributed by atoms with Crippen LogP contribution in [0.25, 0.3) is 0 Å². The largest absolute Gasteiger partial charge is 0.477 e. The van der Waals surface area contributed by atoms with Crippen LogP contribution in [0.1, 0.15) is 78.8 Å². The third-order valence-electron chi connectivity index (χ3n) is 9.84. The van der Waals surface area contributed by atoms with Gasteiger partial charge in [0.2, 0.25) is 16.4 Å². The third kappa shape index (κ3) is 7.33. The number of aliphatic hydroxyl groups is 1. The zero-order valence-corrected chi connectivity index (χ0v) is 26.7. The van der Waals surface area contributed by atoms with E-state index in [4.69, 9.17) is 55.2 Å². The van der Waals surface area contributed by atoms with Gasteiger partial charge >= 0.3 is 0 Å². The number of aromatic nitrogens is 4. The second-order valence-electron chi connectivity index (χ2n) is 13.5. The van der Waals surface area contributed by atoms with E-state index in [1.54, 1.807) is 6.07 Å². The van der Waals surface area contributed by atoms with Crippen LogP contribution in [0.15, 0.2) is 12.1 Å². The van der Waals surface area contributed by atoms with E-state index in [0.717, 1.165) is 43.9 Å². The molecule has 0 spiro atoms. The van der Waals surface area contributed by atoms with Crippen molar-refractivity contribution in [2.45, 2.75) is 63.3 Å². The number of ether oxygens (including phenoxy) is 1. The number of nitrogens with zero attached hydrogens (tertiary/aromatic N) is 6. The molecule has 14 heteroatoms. The maximum atomic E-state index is 12.4. The van der Waals surface area contributed by atoms with Crippen LogP contribution in [0.5, 0.6) is 5.88 Å². The highest BCUT2D eigenvalue weighted by atomic mass is 35.5. The number of hydrogen-bond acceptors (Lipinski definition) is 10. The quantitative estimate of drug-likeness (QED) is 0.203. The number of nitrogens with one attached hydrogen (secondary N) is 1. The molecule has 45 heavy (non-hydrogen) atoms. The lowest BCUT2D eigenvalue weighted by molar-refractivity contribution is -0.103. The van der Waals surface area contributed by atoms with Crippen LogP contribution in [0.4, 0.5) is 0 Å². The molecule has 1 amide bonds. The van der Waals surface area contributed by atoms with Crippen molar-refractivity contribution in [1.82, 2.24) is 25.3 Å². The van der Waals surface area contributed by atoms with Crippen LogP contribution in [0.2, 0.25) is 15.7 Å². The molecule has 10 rings (SSSR count). The second-order valence-corrected chi connectivity index (χ2v) is 14.5. The van der Waals surface area contributed by atoms with Gasteiger partial charge in [-0.05, 0) is 97.7 Å². The van der Waals surface area contributed by atoms with Crippen molar-refractivity contribution >= 4 is 46.5 Å². The molecule has 2 heterocycles. The molecule has 0 aromatic carbocycles. The minimum Gasteiger partial charge on any atom is -0.477 e. The van der Waals surface area contributed by atoms with Crippen molar-refractivity contribution in [2.75, 3.05) is 13.2 Å². The first-order chi connectivity index (χ1) is 21.5. The Bertz CT molecular complexity index is 1540. The standard InChI is InChI=1S/C16H16ClN3O2.C10H9Cl2N3O.C5H7NO/c17-15-19-12(13(21)6-16-3-9(4-16)5-16)2-14(20-15)22-8-11-1-10(11)7-18;11-7-1-6(13-9(12)14-7)8(16)15-10-2-5(3-10)4-10;6-2-4-1-5(4)3-7/h2,9-11H,1,3-6,8H2;1,5H,2-4H2,(H,15,16);4-5,7H,1,3H2/t9?,10-,11+,16?;;4-,5+/m0.0/s1. The van der Waals surface area contributed by atoms with Gasteiger partial charge < -0.3 is 15.2 Å². The van der Waals surface area contributed by atoms with Crippen LogP contribution < -0.4 is 10.1 Å². The first-order valence-corrected chi connectivity index (χ1v) is 16.3. The molecule has 8 saturated carbocycles. The Morgan fingerprint density at radius 1 is 0.889 bits per heavy atom. The van der Waals surface area contributed by atoms with Gasteiger partial charge in [0, 0.05) is 36.6 Å². The molecule has 236 valence electrons. The fraction of sp³-hybridized carbons (Fsp3) is 0.613. The number of carbonyl (C=O) groups is 2. The van der Waals surface area contributed by atoms with Crippen LogP contribution in [0.3, 0.4) is 0 Å². The zero-order valence-electron chi connectivity index (χ0n) is 24.4. The lowest BCUT2D eigenvalue weighted by Crippen LogP contribution is -2.68. The maximum Gasteiger partial charge on any atom is 0.270 e. The van der Waals surface area contributed by atoms with Crippen LogP contribution in [-0.2, 0) is 0 Å². The average Bonchev–Trinajstić information content (AvgIpc) is 3.85. The van der Waals surface area contributed by atoms with Gasteiger partial charge in [-0.15, -0.1) is 0 Å². The van der Waals surface area contributed by atoms with Gasteiger partial charge in [-0.1, -0.05) is 11.6 Å². The van der Waals surface area contributed by atoms with Gasteiger partial charge in [-0.3, -0.25) is 9.59 Å². The third-order valence-corrected chi connectivity index (χ3v) is 10.4. The summed E-state index contributed by atoms with van der Waals surface area (Å²) in [5, 5.41) is 28.5. The topological polar surface area (TPSA) is 175 Å². The number of hydrogen-bond donors (Lipinski definition) is 2. The normalized spacial score (nSPS) is 33.2. The van der Waals surface area contributed by atoms with Gasteiger partial charge in [-0.2, -0.15) is 15.5 Å². The van der Waals surface area contributed by atoms with E-state index in [1.807, 2.05) is 0 Å². The number of carbonyl (C=O) groups excluding carboxylic acids is 2. The number of amides is 1. The lowest BCUT2D eigenvalue weighted by atomic mass is 9.43. The molecular formula is C31H32Cl3N7O4. The van der Waals surface area contributed by atoms with E-state index in [9.17, 15) is 9.59 Å². The van der Waals surface area contributed by atoms with Crippen molar-refractivity contribution in [3.05, 3.63) is 39.2 Å². The highest BCUT2D eigenvalue weighted by Gasteiger charge is 2.58. The van der Waals surface area contributed by atoms with E-state index in [1.165, 1.54) is 25.3 Å². The SMILES string of the molecule is N#C[C@@H]1C[C@@H]1CO.N#C[C@@H]1C[C@@H]1COc1cc(C(=O)CC23CC(C2)C3)nc(Cl)n1.O=C(NC12CC(C1)C2)c1cc(Cl)nc(Cl)n1. The molecule has 8 fully saturated rings. The zero-order chi connectivity index (χ0) is 31.9. The van der Waals surface area contributed by atoms with E-state index in [0.29, 0.717) is 30.5 Å². The average molecular weight is 673 g/mol. The van der Waals surface area contributed by atoms with E-state index in [-0.39, 0.29) is 68.4 Å². The summed E-state index contributed by atoms with van der Waals surface area (Å²) >= 11 is 17.2. The molecule has 8 aliphatic carbocycles. The predicted molar refractivity (Wildman–Crippen MR) is 162 cm³/mol. The van der Waals surface area contributed by atoms with Gasteiger partial charge in [0.25, 0.3) is 5.91 Å². The van der Waals surface area contributed by atoms with Crippen LogP contribution in [-0.4, -0.2) is 55.5 Å². The number of rotatable bonds is 9. The van der Waals surface area contributed by atoms with Crippen molar-refractivity contribution in [1.29, 1.82) is 10.5 Å². The van der Waals surface area contributed by atoms with Crippen molar-refractivity contribution in [3.63, 3.8) is 0 Å². The minimum atomic E-state index is -0.218. The molecule has 0 unspecified atom stereocenters. The van der Waals surface area contributed by atoms with Gasteiger partial charge in [0.15, 0.2) is 5.78 Å². The molecule has 2 N–H and O–H groups in total. The molecule has 4 bridgehead atoms. The Balaban J connectivity index is 0.000000135. The first kappa shape index (κ1) is 31.9. The van der Waals surface area contributed by atoms with E-state index < -0.39 is 0 Å². The summed E-state index contributed by atoms with van der Waals surface area (Å²) in [6.45, 7) is 0.628. The van der Waals surface area contributed by atoms with Gasteiger partial charge in [0.05, 0.1) is 30.6 Å². The monoisotopic (exact) mass is 671 g/mol. The Morgan fingerprint density at radius 3 is 1.98 bits per heavy atom. The number of halogens is 3. The number of ketones is 1. The van der Waals surface area contributed by atoms with E-state index >= 15 is 0 Å². The summed E-state index contributed by atoms with van der Waals surface area (Å²) in [6, 6.07) is 7.29. The van der Waals surface area contributed by atoms with Crippen molar-refractivity contribution in [2.24, 2.45) is 40.9 Å². The number of nitriles is 2. The Labute approximate surface area is 275 Å².